The van der Waals surface area contributed by atoms with Crippen LogP contribution in [-0.4, -0.2) is 10.3 Å². The van der Waals surface area contributed by atoms with Crippen molar-refractivity contribution < 1.29 is 13.6 Å². The molecule has 1 aromatic carbocycles. The third-order valence-electron chi connectivity index (χ3n) is 3.89. The molecule has 6 heteroatoms. The fraction of sp³-hybridized carbons (Fsp3) is 0.375. The van der Waals surface area contributed by atoms with Crippen molar-refractivity contribution in [3.05, 3.63) is 35.9 Å². The van der Waals surface area contributed by atoms with E-state index in [1.54, 1.807) is 18.2 Å². The van der Waals surface area contributed by atoms with Crippen molar-refractivity contribution in [3.8, 4) is 11.3 Å². The highest BCUT2D eigenvalue weighted by molar-refractivity contribution is 7.10. The van der Waals surface area contributed by atoms with Gasteiger partial charge in [0.2, 0.25) is 5.91 Å². The number of carbonyl (C=O) groups excluding carboxylic acids is 1. The third-order valence-corrected chi connectivity index (χ3v) is 4.59. The zero-order valence-corrected chi connectivity index (χ0v) is 13.1. The van der Waals surface area contributed by atoms with E-state index in [1.165, 1.54) is 23.7 Å². The highest BCUT2D eigenvalue weighted by Gasteiger charge is 2.39. The van der Waals surface area contributed by atoms with Gasteiger partial charge in [-0.25, -0.2) is 8.78 Å². The van der Waals surface area contributed by atoms with E-state index in [4.69, 9.17) is 0 Å². The number of aromatic nitrogens is 1. The normalized spacial score (nSPS) is 20.7. The number of nitrogens with zero attached hydrogens (tertiary/aromatic N) is 1. The van der Waals surface area contributed by atoms with E-state index in [0.29, 0.717) is 16.6 Å². The quantitative estimate of drug-likeness (QED) is 0.899. The number of amides is 1. The standard InChI is InChI=1S/C16H16F2N2OS/c1-9-7-12(9)15(21)19-14-8-13(20-22-14)10-3-5-11(6-4-10)16(2,17)18/h3-6,8-9,12H,7H2,1-2H3,(H,19,21). The minimum absolute atomic E-state index is 0.0253. The predicted molar refractivity (Wildman–Crippen MR) is 83.0 cm³/mol. The van der Waals surface area contributed by atoms with Crippen molar-refractivity contribution in [2.24, 2.45) is 11.8 Å². The molecule has 0 radical (unpaired) electrons. The third kappa shape index (κ3) is 3.16. The van der Waals surface area contributed by atoms with Gasteiger partial charge in [-0.1, -0.05) is 31.2 Å². The summed E-state index contributed by atoms with van der Waals surface area (Å²) in [5.41, 5.74) is 1.40. The van der Waals surface area contributed by atoms with Crippen LogP contribution < -0.4 is 5.32 Å². The van der Waals surface area contributed by atoms with E-state index >= 15 is 0 Å². The molecule has 116 valence electrons. The average molecular weight is 322 g/mol. The molecule has 2 atom stereocenters. The Bertz CT molecular complexity index is 691. The smallest absolute Gasteiger partial charge is 0.270 e. The fourth-order valence-electron chi connectivity index (χ4n) is 2.31. The summed E-state index contributed by atoms with van der Waals surface area (Å²) >= 11 is 1.20. The van der Waals surface area contributed by atoms with Gasteiger partial charge in [-0.2, -0.15) is 4.37 Å². The van der Waals surface area contributed by atoms with Gasteiger partial charge >= 0.3 is 0 Å². The summed E-state index contributed by atoms with van der Waals surface area (Å²) in [5.74, 6) is -2.25. The molecule has 0 saturated heterocycles. The van der Waals surface area contributed by atoms with Crippen LogP contribution in [0.15, 0.2) is 30.3 Å². The molecule has 3 nitrogen and oxygen atoms in total. The largest absolute Gasteiger partial charge is 0.316 e. The van der Waals surface area contributed by atoms with Gasteiger partial charge in [0, 0.05) is 30.0 Å². The maximum Gasteiger partial charge on any atom is 0.270 e. The monoisotopic (exact) mass is 322 g/mol. The van der Waals surface area contributed by atoms with Crippen LogP contribution in [0.2, 0.25) is 0 Å². The van der Waals surface area contributed by atoms with Crippen molar-refractivity contribution in [2.45, 2.75) is 26.2 Å². The zero-order chi connectivity index (χ0) is 15.9. The number of rotatable bonds is 4. The Kier molecular flexibility index (Phi) is 3.72. The summed E-state index contributed by atoms with van der Waals surface area (Å²) in [4.78, 5) is 11.9. The molecular formula is C16H16F2N2OS. The predicted octanol–water partition coefficient (Wildman–Crippen LogP) is 4.52. The number of anilines is 1. The lowest BCUT2D eigenvalue weighted by molar-refractivity contribution is -0.117. The summed E-state index contributed by atoms with van der Waals surface area (Å²) in [6.45, 7) is 2.92. The van der Waals surface area contributed by atoms with Crippen LogP contribution in [0.5, 0.6) is 0 Å². The Morgan fingerprint density at radius 1 is 1.36 bits per heavy atom. The van der Waals surface area contributed by atoms with Gasteiger partial charge in [0.15, 0.2) is 0 Å². The van der Waals surface area contributed by atoms with Gasteiger partial charge in [0.25, 0.3) is 5.92 Å². The Morgan fingerprint density at radius 3 is 2.55 bits per heavy atom. The molecule has 1 aliphatic carbocycles. The summed E-state index contributed by atoms with van der Waals surface area (Å²) in [7, 11) is 0. The van der Waals surface area contributed by atoms with Crippen molar-refractivity contribution >= 4 is 22.4 Å². The van der Waals surface area contributed by atoms with Gasteiger partial charge in [-0.05, 0) is 23.9 Å². The number of benzene rings is 1. The summed E-state index contributed by atoms with van der Waals surface area (Å²) in [5, 5.41) is 3.54. The van der Waals surface area contributed by atoms with Crippen LogP contribution in [0.4, 0.5) is 13.8 Å². The Hall–Kier alpha value is -1.82. The fourth-order valence-corrected chi connectivity index (χ4v) is 2.97. The van der Waals surface area contributed by atoms with Gasteiger partial charge in [0.05, 0.1) is 5.69 Å². The molecule has 0 aliphatic heterocycles. The van der Waals surface area contributed by atoms with Crippen molar-refractivity contribution in [2.75, 3.05) is 5.32 Å². The lowest BCUT2D eigenvalue weighted by atomic mass is 10.1. The topological polar surface area (TPSA) is 42.0 Å². The molecule has 1 saturated carbocycles. The lowest BCUT2D eigenvalue weighted by Crippen LogP contribution is -2.13. The van der Waals surface area contributed by atoms with Crippen molar-refractivity contribution in [1.29, 1.82) is 0 Å². The highest BCUT2D eigenvalue weighted by atomic mass is 32.1. The van der Waals surface area contributed by atoms with Crippen LogP contribution >= 0.6 is 11.5 Å². The highest BCUT2D eigenvalue weighted by Crippen LogP contribution is 2.39. The molecule has 1 heterocycles. The number of hydrogen-bond acceptors (Lipinski definition) is 3. The number of halogens is 2. The molecule has 1 N–H and O–H groups in total. The van der Waals surface area contributed by atoms with Crippen molar-refractivity contribution in [3.63, 3.8) is 0 Å². The first-order valence-electron chi connectivity index (χ1n) is 7.11. The molecular weight excluding hydrogens is 306 g/mol. The zero-order valence-electron chi connectivity index (χ0n) is 12.3. The molecule has 0 spiro atoms. The van der Waals surface area contributed by atoms with Crippen LogP contribution in [0.25, 0.3) is 11.3 Å². The second-order valence-electron chi connectivity index (χ2n) is 5.85. The molecule has 1 aliphatic rings. The van der Waals surface area contributed by atoms with E-state index in [2.05, 4.69) is 9.69 Å². The average Bonchev–Trinajstić information content (AvgIpc) is 3.02. The number of carbonyl (C=O) groups is 1. The van der Waals surface area contributed by atoms with Crippen LogP contribution in [0.1, 0.15) is 25.8 Å². The van der Waals surface area contributed by atoms with E-state index in [1.807, 2.05) is 6.92 Å². The van der Waals surface area contributed by atoms with Crippen molar-refractivity contribution in [1.82, 2.24) is 4.37 Å². The molecule has 2 unspecified atom stereocenters. The molecule has 1 aromatic heterocycles. The second-order valence-corrected chi connectivity index (χ2v) is 6.66. The number of alkyl halides is 2. The minimum atomic E-state index is -2.85. The molecule has 2 aromatic rings. The summed E-state index contributed by atoms with van der Waals surface area (Å²) in [6.07, 6.45) is 0.935. The maximum absolute atomic E-state index is 13.2. The minimum Gasteiger partial charge on any atom is -0.316 e. The van der Waals surface area contributed by atoms with E-state index in [-0.39, 0.29) is 17.4 Å². The maximum atomic E-state index is 13.2. The van der Waals surface area contributed by atoms with Gasteiger partial charge < -0.3 is 5.32 Å². The first-order valence-corrected chi connectivity index (χ1v) is 7.88. The Morgan fingerprint density at radius 2 is 2.00 bits per heavy atom. The molecule has 1 amide bonds. The Labute approximate surface area is 131 Å². The van der Waals surface area contributed by atoms with E-state index in [9.17, 15) is 13.6 Å². The number of nitrogens with one attached hydrogen (secondary N) is 1. The van der Waals surface area contributed by atoms with E-state index in [0.717, 1.165) is 18.9 Å². The summed E-state index contributed by atoms with van der Waals surface area (Å²) in [6, 6.07) is 7.82. The molecule has 22 heavy (non-hydrogen) atoms. The van der Waals surface area contributed by atoms with Crippen LogP contribution in [0, 0.1) is 11.8 Å². The van der Waals surface area contributed by atoms with E-state index < -0.39 is 5.92 Å². The first-order chi connectivity index (χ1) is 10.3. The van der Waals surface area contributed by atoms with Gasteiger partial charge in [0.1, 0.15) is 5.00 Å². The first kappa shape index (κ1) is 15.1. The van der Waals surface area contributed by atoms with Gasteiger partial charge in [-0.15, -0.1) is 0 Å². The lowest BCUT2D eigenvalue weighted by Gasteiger charge is -2.10. The van der Waals surface area contributed by atoms with Crippen LogP contribution in [-0.2, 0) is 10.7 Å². The SMILES string of the molecule is CC1CC1C(=O)Nc1cc(-c2ccc(C(C)(F)F)cc2)ns1. The molecule has 1 fully saturated rings. The summed E-state index contributed by atoms with van der Waals surface area (Å²) < 4.78 is 30.6. The molecule has 3 rings (SSSR count). The second kappa shape index (κ2) is 5.43. The Balaban J connectivity index is 1.72. The van der Waals surface area contributed by atoms with Crippen LogP contribution in [0.3, 0.4) is 0 Å². The molecule has 0 bridgehead atoms. The number of hydrogen-bond donors (Lipinski definition) is 1. The van der Waals surface area contributed by atoms with Gasteiger partial charge in [-0.3, -0.25) is 4.79 Å².